The molecule has 4 aromatic rings. The van der Waals surface area contributed by atoms with Crippen molar-refractivity contribution in [2.75, 3.05) is 49.6 Å². The quantitative estimate of drug-likeness (QED) is 0.259. The van der Waals surface area contributed by atoms with E-state index in [2.05, 4.69) is 45.8 Å². The lowest BCUT2D eigenvalue weighted by Crippen LogP contribution is -2.52. The third kappa shape index (κ3) is 5.18. The number of fused-ring (bicyclic) bond motifs is 1. The molecule has 1 amide bonds. The molecule has 0 bridgehead atoms. The number of likely N-dealkylation sites (tertiary alicyclic amines) is 1. The number of nitrogens with zero attached hydrogens (tertiary/aromatic N) is 7. The van der Waals surface area contributed by atoms with Crippen molar-refractivity contribution in [3.05, 3.63) is 77.4 Å². The van der Waals surface area contributed by atoms with Gasteiger partial charge in [-0.05, 0) is 67.0 Å². The van der Waals surface area contributed by atoms with Crippen LogP contribution in [0.3, 0.4) is 0 Å². The lowest BCUT2D eigenvalue weighted by molar-refractivity contribution is -0.186. The second-order valence-electron chi connectivity index (χ2n) is 12.7. The second-order valence-corrected chi connectivity index (χ2v) is 12.7. The normalized spacial score (nSPS) is 20.4. The van der Waals surface area contributed by atoms with Crippen molar-refractivity contribution >= 4 is 34.4 Å². The molecule has 1 unspecified atom stereocenters. The van der Waals surface area contributed by atoms with Gasteiger partial charge in [-0.2, -0.15) is 4.98 Å². The lowest BCUT2D eigenvalue weighted by Gasteiger charge is -2.50. The molecule has 1 atom stereocenters. The van der Waals surface area contributed by atoms with Crippen molar-refractivity contribution in [3.8, 4) is 5.82 Å². The molecule has 46 heavy (non-hydrogen) atoms. The summed E-state index contributed by atoms with van der Waals surface area (Å²) in [6, 6.07) is 13.4. The molecule has 3 aliphatic rings. The molecule has 3 aliphatic heterocycles. The SMILES string of the molecule is C=CCn1c(=O)c2cnc(Nc3ccc(N4CCC5(CCN(C(=O)O)CC5C)CC4)cc3)nc2n1-c1cccc(C2(O)COC2)n1. The highest BCUT2D eigenvalue weighted by Crippen LogP contribution is 2.45. The molecular formula is C33H38N8O5. The van der Waals surface area contributed by atoms with Crippen LogP contribution in [-0.2, 0) is 16.9 Å². The topological polar surface area (TPSA) is 151 Å². The predicted octanol–water partition coefficient (Wildman–Crippen LogP) is 3.73. The number of nitrogens with one attached hydrogen (secondary N) is 1. The molecule has 6 heterocycles. The van der Waals surface area contributed by atoms with Gasteiger partial charge in [-0.1, -0.05) is 19.1 Å². The second kappa shape index (κ2) is 11.6. The number of benzene rings is 1. The number of rotatable bonds is 7. The Morgan fingerprint density at radius 2 is 1.85 bits per heavy atom. The molecule has 0 radical (unpaired) electrons. The van der Waals surface area contributed by atoms with E-state index < -0.39 is 11.7 Å². The number of carbonyl (C=O) groups is 1. The first kappa shape index (κ1) is 29.9. The van der Waals surface area contributed by atoms with E-state index in [1.54, 1.807) is 33.9 Å². The molecule has 240 valence electrons. The van der Waals surface area contributed by atoms with E-state index in [0.717, 1.165) is 43.7 Å². The van der Waals surface area contributed by atoms with E-state index in [4.69, 9.17) is 9.72 Å². The lowest BCUT2D eigenvalue weighted by atomic mass is 9.65. The fraction of sp³-hybridized carbons (Fsp3) is 0.424. The summed E-state index contributed by atoms with van der Waals surface area (Å²) in [6.07, 6.45) is 5.35. The van der Waals surface area contributed by atoms with Crippen LogP contribution in [0.4, 0.5) is 22.1 Å². The van der Waals surface area contributed by atoms with Gasteiger partial charge in [-0.3, -0.25) is 4.79 Å². The van der Waals surface area contributed by atoms with Crippen molar-refractivity contribution in [1.82, 2.24) is 29.2 Å². The average molecular weight is 627 g/mol. The van der Waals surface area contributed by atoms with Gasteiger partial charge in [-0.15, -0.1) is 6.58 Å². The number of hydrogen-bond donors (Lipinski definition) is 3. The van der Waals surface area contributed by atoms with Crippen LogP contribution in [0.5, 0.6) is 0 Å². The number of amides is 1. The Morgan fingerprint density at radius 1 is 1.11 bits per heavy atom. The molecule has 3 fully saturated rings. The summed E-state index contributed by atoms with van der Waals surface area (Å²) in [7, 11) is 0. The maximum absolute atomic E-state index is 13.3. The highest BCUT2D eigenvalue weighted by molar-refractivity contribution is 5.77. The Bertz CT molecular complexity index is 1840. The first-order valence-corrected chi connectivity index (χ1v) is 15.7. The van der Waals surface area contributed by atoms with Crippen molar-refractivity contribution in [2.45, 2.75) is 38.3 Å². The Balaban J connectivity index is 1.09. The van der Waals surface area contributed by atoms with Crippen LogP contribution in [-0.4, -0.2) is 84.9 Å². The number of pyridine rings is 1. The van der Waals surface area contributed by atoms with E-state index in [1.807, 2.05) is 12.1 Å². The Labute approximate surface area is 265 Å². The zero-order valence-electron chi connectivity index (χ0n) is 25.8. The third-order valence-corrected chi connectivity index (χ3v) is 10.0. The van der Waals surface area contributed by atoms with Gasteiger partial charge in [0.1, 0.15) is 5.39 Å². The van der Waals surface area contributed by atoms with E-state index in [9.17, 15) is 19.8 Å². The van der Waals surface area contributed by atoms with Crippen LogP contribution in [0.1, 0.15) is 31.9 Å². The number of aliphatic hydroxyl groups is 1. The third-order valence-electron chi connectivity index (χ3n) is 10.0. The minimum Gasteiger partial charge on any atom is -0.465 e. The summed E-state index contributed by atoms with van der Waals surface area (Å²) in [5, 5.41) is 23.8. The molecule has 3 aromatic heterocycles. The predicted molar refractivity (Wildman–Crippen MR) is 173 cm³/mol. The molecular weight excluding hydrogens is 588 g/mol. The summed E-state index contributed by atoms with van der Waals surface area (Å²) in [4.78, 5) is 42.6. The number of hydrogen-bond acceptors (Lipinski definition) is 9. The molecule has 1 spiro atoms. The number of carboxylic acid groups (broad SMARTS) is 1. The van der Waals surface area contributed by atoms with E-state index in [1.165, 1.54) is 10.9 Å². The van der Waals surface area contributed by atoms with Gasteiger partial charge in [0, 0.05) is 43.8 Å². The Hall–Kier alpha value is -4.75. The smallest absolute Gasteiger partial charge is 0.407 e. The molecule has 7 rings (SSSR count). The number of piperidine rings is 2. The monoisotopic (exact) mass is 626 g/mol. The Morgan fingerprint density at radius 3 is 2.50 bits per heavy atom. The molecule has 3 saturated heterocycles. The van der Waals surface area contributed by atoms with Crippen LogP contribution < -0.4 is 15.8 Å². The first-order valence-electron chi connectivity index (χ1n) is 15.7. The zero-order valence-corrected chi connectivity index (χ0v) is 25.8. The van der Waals surface area contributed by atoms with Crippen LogP contribution in [0.25, 0.3) is 16.9 Å². The highest BCUT2D eigenvalue weighted by Gasteiger charge is 2.43. The van der Waals surface area contributed by atoms with Gasteiger partial charge < -0.3 is 30.1 Å². The fourth-order valence-electron chi connectivity index (χ4n) is 7.08. The molecule has 3 N–H and O–H groups in total. The van der Waals surface area contributed by atoms with Crippen molar-refractivity contribution in [1.29, 1.82) is 0 Å². The van der Waals surface area contributed by atoms with E-state index in [-0.39, 0.29) is 30.7 Å². The summed E-state index contributed by atoms with van der Waals surface area (Å²) in [5.74, 6) is 1.11. The van der Waals surface area contributed by atoms with Gasteiger partial charge in [0.15, 0.2) is 17.1 Å². The maximum Gasteiger partial charge on any atom is 0.407 e. The number of aromatic nitrogens is 5. The van der Waals surface area contributed by atoms with E-state index >= 15 is 0 Å². The maximum atomic E-state index is 13.3. The Kier molecular flexibility index (Phi) is 7.52. The average Bonchev–Trinajstić information content (AvgIpc) is 3.32. The van der Waals surface area contributed by atoms with Crippen molar-refractivity contribution in [2.24, 2.45) is 11.3 Å². The minimum absolute atomic E-state index is 0.162. The molecule has 13 nitrogen and oxygen atoms in total. The van der Waals surface area contributed by atoms with Gasteiger partial charge in [0.25, 0.3) is 5.56 Å². The molecule has 0 saturated carbocycles. The van der Waals surface area contributed by atoms with Gasteiger partial charge in [0.2, 0.25) is 5.95 Å². The van der Waals surface area contributed by atoms with Crippen molar-refractivity contribution in [3.63, 3.8) is 0 Å². The highest BCUT2D eigenvalue weighted by atomic mass is 16.5. The van der Waals surface area contributed by atoms with Crippen LogP contribution >= 0.6 is 0 Å². The van der Waals surface area contributed by atoms with Crippen molar-refractivity contribution < 1.29 is 19.7 Å². The minimum atomic E-state index is -1.16. The van der Waals surface area contributed by atoms with Gasteiger partial charge in [0.05, 0.1) is 25.5 Å². The summed E-state index contributed by atoms with van der Waals surface area (Å²) < 4.78 is 8.34. The number of anilines is 3. The van der Waals surface area contributed by atoms with E-state index in [0.29, 0.717) is 47.5 Å². The fourth-order valence-corrected chi connectivity index (χ4v) is 7.08. The van der Waals surface area contributed by atoms with Gasteiger partial charge >= 0.3 is 6.09 Å². The largest absolute Gasteiger partial charge is 0.465 e. The zero-order chi connectivity index (χ0) is 32.1. The standard InChI is InChI=1S/C33H38N8O5/c1-3-14-40-29(42)25-18-34-30(37-28(25)41(40)27-6-4-5-26(36-27)33(45)20-46-21-33)35-23-7-9-24(10-8-23)38-15-11-32(12-16-38)13-17-39(31(43)44)19-22(32)2/h3-10,18,22,45H,1,11-17,19-21H2,2H3,(H,43,44)(H,34,35,37). The molecule has 1 aromatic carbocycles. The summed E-state index contributed by atoms with van der Waals surface area (Å²) in [6.45, 7) is 9.65. The number of allylic oxidation sites excluding steroid dienone is 1. The number of ether oxygens (including phenoxy) is 1. The molecule has 13 heteroatoms. The molecule has 0 aliphatic carbocycles. The van der Waals surface area contributed by atoms with Gasteiger partial charge in [-0.25, -0.2) is 24.1 Å². The van der Waals surface area contributed by atoms with Crippen LogP contribution in [0.15, 0.2) is 66.1 Å². The van der Waals surface area contributed by atoms with Crippen LogP contribution in [0.2, 0.25) is 0 Å². The first-order chi connectivity index (χ1) is 22.2. The summed E-state index contributed by atoms with van der Waals surface area (Å²) >= 11 is 0. The van der Waals surface area contributed by atoms with Crippen LogP contribution in [0, 0.1) is 11.3 Å². The summed E-state index contributed by atoms with van der Waals surface area (Å²) in [5.41, 5.74) is 1.55.